The van der Waals surface area contributed by atoms with E-state index in [2.05, 4.69) is 97.3 Å². The summed E-state index contributed by atoms with van der Waals surface area (Å²) in [5.41, 5.74) is 11.8. The Balaban J connectivity index is 0.000000200. The summed E-state index contributed by atoms with van der Waals surface area (Å²) < 4.78 is 0. The van der Waals surface area contributed by atoms with Crippen LogP contribution in [0.4, 0.5) is 5.69 Å². The van der Waals surface area contributed by atoms with Crippen LogP contribution in [0, 0.1) is 32.6 Å². The maximum Gasteiger partial charge on any atom is 0.108 e. The molecule has 4 heteroatoms. The fourth-order valence-corrected chi connectivity index (χ4v) is 5.67. The zero-order chi connectivity index (χ0) is 28.6. The number of nitrogens with zero attached hydrogens (tertiary/aromatic N) is 3. The first kappa shape index (κ1) is 29.1. The Morgan fingerprint density at radius 1 is 0.810 bits per heavy atom. The van der Waals surface area contributed by atoms with Gasteiger partial charge in [-0.3, -0.25) is 4.85 Å². The molecule has 7 rings (SSSR count). The molecule has 2 aromatic heterocycles. The molecule has 0 fully saturated rings. The van der Waals surface area contributed by atoms with Gasteiger partial charge in [0.1, 0.15) is 5.69 Å². The molecule has 0 N–H and O–H groups in total. The predicted molar refractivity (Wildman–Crippen MR) is 168 cm³/mol. The Morgan fingerprint density at radius 2 is 1.62 bits per heavy atom. The van der Waals surface area contributed by atoms with E-state index in [0.717, 1.165) is 22.5 Å². The summed E-state index contributed by atoms with van der Waals surface area (Å²) in [5, 5.41) is 2.53. The molecule has 1 aliphatic rings. The first-order valence-corrected chi connectivity index (χ1v) is 13.7. The van der Waals surface area contributed by atoms with Gasteiger partial charge in [-0.25, -0.2) is 0 Å². The molecule has 1 radical (unpaired) electrons. The van der Waals surface area contributed by atoms with Crippen molar-refractivity contribution in [1.29, 1.82) is 0 Å². The van der Waals surface area contributed by atoms with E-state index in [4.69, 9.17) is 11.6 Å². The zero-order valence-electron chi connectivity index (χ0n) is 24.0. The summed E-state index contributed by atoms with van der Waals surface area (Å²) in [6, 6.07) is 37.3. The average Bonchev–Trinajstić information content (AvgIpc) is 3.25. The van der Waals surface area contributed by atoms with Crippen LogP contribution in [0.1, 0.15) is 36.1 Å². The minimum absolute atomic E-state index is 0. The monoisotopic (exact) mass is 720 g/mol. The second-order valence-corrected chi connectivity index (χ2v) is 11.0. The molecule has 1 aliphatic carbocycles. The van der Waals surface area contributed by atoms with Gasteiger partial charge in [0.05, 0.1) is 6.57 Å². The van der Waals surface area contributed by atoms with Gasteiger partial charge in [-0.15, -0.1) is 59.2 Å². The average molecular weight is 720 g/mol. The van der Waals surface area contributed by atoms with Crippen LogP contribution in [0.25, 0.3) is 49.3 Å². The maximum absolute atomic E-state index is 7.32. The van der Waals surface area contributed by atoms with Crippen molar-refractivity contribution < 1.29 is 20.1 Å². The van der Waals surface area contributed by atoms with Crippen LogP contribution in [0.3, 0.4) is 0 Å². The van der Waals surface area contributed by atoms with Gasteiger partial charge in [0.25, 0.3) is 0 Å². The largest absolute Gasteiger partial charge is 0.304 e. The first-order chi connectivity index (χ1) is 19.9. The van der Waals surface area contributed by atoms with E-state index >= 15 is 0 Å². The SMILES string of the molecule is Cc1c[c-]c(-c2ccc(C)cn2)cc1.[C-]#[N+]c1cc[c-]c(-c2nccc3c2C(C)(C)c2ccc4ccccc4c2-3)c1.[Ir]. The molecule has 0 unspecified atom stereocenters. The van der Waals surface area contributed by atoms with Crippen molar-refractivity contribution in [3.05, 3.63) is 149 Å². The van der Waals surface area contributed by atoms with Crippen LogP contribution in [-0.2, 0) is 25.5 Å². The van der Waals surface area contributed by atoms with Crippen molar-refractivity contribution in [1.82, 2.24) is 9.97 Å². The molecule has 0 bridgehead atoms. The molecule has 0 saturated heterocycles. The van der Waals surface area contributed by atoms with Crippen molar-refractivity contribution in [3.8, 4) is 33.6 Å². The molecule has 3 nitrogen and oxygen atoms in total. The number of hydrogen-bond donors (Lipinski definition) is 0. The zero-order valence-corrected chi connectivity index (χ0v) is 26.4. The Bertz CT molecular complexity index is 1890. The van der Waals surface area contributed by atoms with Crippen LogP contribution in [0.2, 0.25) is 0 Å². The van der Waals surface area contributed by atoms with Gasteiger partial charge in [0.15, 0.2) is 0 Å². The third-order valence-corrected chi connectivity index (χ3v) is 7.77. The summed E-state index contributed by atoms with van der Waals surface area (Å²) in [4.78, 5) is 12.6. The van der Waals surface area contributed by atoms with E-state index in [-0.39, 0.29) is 25.5 Å². The van der Waals surface area contributed by atoms with E-state index in [0.29, 0.717) is 5.69 Å². The fourth-order valence-electron chi connectivity index (χ4n) is 5.67. The van der Waals surface area contributed by atoms with E-state index in [9.17, 15) is 0 Å². The van der Waals surface area contributed by atoms with Crippen molar-refractivity contribution in [2.75, 3.05) is 0 Å². The molecular formula is C38H29IrN3-2. The number of pyridine rings is 2. The predicted octanol–water partition coefficient (Wildman–Crippen LogP) is 9.72. The Kier molecular flexibility index (Phi) is 8.19. The molecule has 0 aliphatic heterocycles. The minimum Gasteiger partial charge on any atom is -0.304 e. The third-order valence-electron chi connectivity index (χ3n) is 7.77. The molecule has 0 saturated carbocycles. The summed E-state index contributed by atoms with van der Waals surface area (Å²) in [5.74, 6) is 0. The van der Waals surface area contributed by atoms with Gasteiger partial charge in [0, 0.05) is 37.9 Å². The standard InChI is InChI=1S/C25H17N2.C13H12N.Ir/c1-25(2)21-12-11-16-7-4-5-10-19(16)22(21)20-13-14-27-24(23(20)25)17-8-6-9-18(15-17)26-3;1-10-3-6-12(7-4-10)13-8-5-11(2)9-14-13;/h4-7,9-15H,1-2H3;3-6,8-9H,1-2H3;/q2*-1;. The minimum atomic E-state index is -0.166. The topological polar surface area (TPSA) is 30.1 Å². The Hall–Kier alpha value is -4.42. The van der Waals surface area contributed by atoms with Crippen molar-refractivity contribution in [2.45, 2.75) is 33.1 Å². The number of aromatic nitrogens is 2. The Morgan fingerprint density at radius 3 is 2.36 bits per heavy atom. The quantitative estimate of drug-likeness (QED) is 0.167. The Labute approximate surface area is 261 Å². The van der Waals surface area contributed by atoms with Crippen LogP contribution < -0.4 is 0 Å². The summed E-state index contributed by atoms with van der Waals surface area (Å²) in [7, 11) is 0. The second-order valence-electron chi connectivity index (χ2n) is 11.0. The van der Waals surface area contributed by atoms with E-state index in [1.54, 1.807) is 6.07 Å². The van der Waals surface area contributed by atoms with Crippen LogP contribution in [0.15, 0.2) is 103 Å². The van der Waals surface area contributed by atoms with Crippen molar-refractivity contribution in [2.24, 2.45) is 0 Å². The number of hydrogen-bond acceptors (Lipinski definition) is 2. The van der Waals surface area contributed by atoms with Gasteiger partial charge >= 0.3 is 0 Å². The van der Waals surface area contributed by atoms with Crippen molar-refractivity contribution in [3.63, 3.8) is 0 Å². The second kappa shape index (κ2) is 11.8. The third kappa shape index (κ3) is 5.30. The van der Waals surface area contributed by atoms with E-state index in [1.165, 1.54) is 44.2 Å². The number of rotatable bonds is 2. The van der Waals surface area contributed by atoms with Crippen LogP contribution >= 0.6 is 0 Å². The molecule has 0 atom stereocenters. The molecule has 207 valence electrons. The van der Waals surface area contributed by atoms with E-state index in [1.807, 2.05) is 49.6 Å². The molecule has 6 aromatic rings. The maximum atomic E-state index is 7.32. The number of fused-ring (bicyclic) bond motifs is 5. The van der Waals surface area contributed by atoms with Gasteiger partial charge in [-0.1, -0.05) is 69.3 Å². The first-order valence-electron chi connectivity index (χ1n) is 13.7. The number of aryl methyl sites for hydroxylation is 2. The molecule has 4 aromatic carbocycles. The summed E-state index contributed by atoms with van der Waals surface area (Å²) in [6.07, 6.45) is 3.75. The smallest absolute Gasteiger partial charge is 0.108 e. The molecule has 0 amide bonds. The van der Waals surface area contributed by atoms with Gasteiger partial charge in [-0.2, -0.15) is 6.07 Å². The molecule has 2 heterocycles. The van der Waals surface area contributed by atoms with Gasteiger partial charge in [-0.05, 0) is 63.0 Å². The normalized spacial score (nSPS) is 12.3. The fraction of sp³-hybridized carbons (Fsp3) is 0.132. The van der Waals surface area contributed by atoms with Crippen LogP contribution in [0.5, 0.6) is 0 Å². The molecular weight excluding hydrogens is 691 g/mol. The summed E-state index contributed by atoms with van der Waals surface area (Å²) in [6.45, 7) is 15.9. The van der Waals surface area contributed by atoms with Gasteiger partial charge < -0.3 is 9.97 Å². The number of benzene rings is 4. The van der Waals surface area contributed by atoms with Gasteiger partial charge in [0.2, 0.25) is 0 Å². The molecule has 42 heavy (non-hydrogen) atoms. The molecule has 0 spiro atoms. The van der Waals surface area contributed by atoms with E-state index < -0.39 is 0 Å². The van der Waals surface area contributed by atoms with Crippen LogP contribution in [-0.4, -0.2) is 9.97 Å². The summed E-state index contributed by atoms with van der Waals surface area (Å²) >= 11 is 0. The van der Waals surface area contributed by atoms with Crippen molar-refractivity contribution >= 4 is 16.5 Å².